The largest absolute Gasteiger partial charge is 0.444 e. The number of likely N-dealkylation sites (tertiary alicyclic amines) is 1. The molecule has 8 heteroatoms. The van der Waals surface area contributed by atoms with Gasteiger partial charge in [0.25, 0.3) is 0 Å². The summed E-state index contributed by atoms with van der Waals surface area (Å²) >= 11 is 0. The molecule has 1 amide bonds. The van der Waals surface area contributed by atoms with Crippen molar-refractivity contribution in [1.82, 2.24) is 20.4 Å². The minimum absolute atomic E-state index is 0. The number of hydrogen-bond donors (Lipinski definition) is 2. The summed E-state index contributed by atoms with van der Waals surface area (Å²) in [5.41, 5.74) is 2.49. The topological polar surface area (TPSA) is 69.2 Å². The highest BCUT2D eigenvalue weighted by Crippen LogP contribution is 2.18. The van der Waals surface area contributed by atoms with Crippen LogP contribution in [0, 0.1) is 0 Å². The summed E-state index contributed by atoms with van der Waals surface area (Å²) < 4.78 is 5.36. The van der Waals surface area contributed by atoms with Gasteiger partial charge in [-0.2, -0.15) is 0 Å². The van der Waals surface area contributed by atoms with Crippen LogP contribution in [-0.4, -0.2) is 73.3 Å². The molecule has 1 unspecified atom stereocenters. The smallest absolute Gasteiger partial charge is 0.407 e. The third-order valence-corrected chi connectivity index (χ3v) is 5.56. The lowest BCUT2D eigenvalue weighted by Crippen LogP contribution is -2.44. The summed E-state index contributed by atoms with van der Waals surface area (Å²) in [7, 11) is 1.82. The van der Waals surface area contributed by atoms with E-state index in [4.69, 9.17) is 4.74 Å². The number of carbonyl (C=O) groups excluding carboxylic acids is 1. The summed E-state index contributed by atoms with van der Waals surface area (Å²) in [5.74, 6) is 0.910. The Hall–Kier alpha value is -1.55. The first kappa shape index (κ1) is 25.7. The van der Waals surface area contributed by atoms with Crippen LogP contribution < -0.4 is 10.6 Å². The van der Waals surface area contributed by atoms with Gasteiger partial charge < -0.3 is 20.3 Å². The molecule has 7 nitrogen and oxygen atoms in total. The summed E-state index contributed by atoms with van der Waals surface area (Å²) in [6.07, 6.45) is 2.77. The van der Waals surface area contributed by atoms with Gasteiger partial charge >= 0.3 is 6.09 Å². The van der Waals surface area contributed by atoms with Crippen molar-refractivity contribution in [3.8, 4) is 0 Å². The normalized spacial score (nSPS) is 19.4. The van der Waals surface area contributed by atoms with Crippen LogP contribution in [0.5, 0.6) is 0 Å². The van der Waals surface area contributed by atoms with Crippen molar-refractivity contribution in [3.05, 3.63) is 35.4 Å². The number of nitrogens with one attached hydrogen (secondary N) is 2. The van der Waals surface area contributed by atoms with E-state index in [0.29, 0.717) is 0 Å². The molecule has 2 heterocycles. The second-order valence-electron chi connectivity index (χ2n) is 9.20. The molecule has 1 aromatic carbocycles. The Labute approximate surface area is 204 Å². The minimum atomic E-state index is -0.476. The molecule has 0 bridgehead atoms. The number of nitrogens with zero attached hydrogens (tertiary/aromatic N) is 3. The van der Waals surface area contributed by atoms with Gasteiger partial charge in [0.1, 0.15) is 5.60 Å². The van der Waals surface area contributed by atoms with Gasteiger partial charge in [0, 0.05) is 46.3 Å². The quantitative estimate of drug-likeness (QED) is 0.259. The summed E-state index contributed by atoms with van der Waals surface area (Å²) in [6, 6.07) is 8.85. The SMILES string of the molecule is CN=C(NCCCN1CCc2ccccc2C1)N1CCC(NC(=O)OC(C)(C)C)C1.I. The van der Waals surface area contributed by atoms with Crippen molar-refractivity contribution in [2.45, 2.75) is 58.2 Å². The molecular formula is C23H38IN5O2. The lowest BCUT2D eigenvalue weighted by molar-refractivity contribution is 0.0507. The average molecular weight is 543 g/mol. The number of fused-ring (bicyclic) bond motifs is 1. The first-order valence-electron chi connectivity index (χ1n) is 11.1. The van der Waals surface area contributed by atoms with E-state index in [1.54, 1.807) is 0 Å². The van der Waals surface area contributed by atoms with Crippen LogP contribution in [0.1, 0.15) is 44.7 Å². The molecule has 1 fully saturated rings. The molecular weight excluding hydrogens is 505 g/mol. The van der Waals surface area contributed by atoms with Gasteiger partial charge in [0.15, 0.2) is 5.96 Å². The summed E-state index contributed by atoms with van der Waals surface area (Å²) in [4.78, 5) is 21.2. The molecule has 1 aromatic rings. The molecule has 1 atom stereocenters. The van der Waals surface area contributed by atoms with E-state index in [9.17, 15) is 4.79 Å². The van der Waals surface area contributed by atoms with E-state index in [2.05, 4.69) is 49.7 Å². The van der Waals surface area contributed by atoms with Gasteiger partial charge in [0.05, 0.1) is 6.04 Å². The van der Waals surface area contributed by atoms with Gasteiger partial charge in [0.2, 0.25) is 0 Å². The number of alkyl carbamates (subject to hydrolysis) is 1. The fourth-order valence-corrected chi connectivity index (χ4v) is 4.12. The Morgan fingerprint density at radius 3 is 2.68 bits per heavy atom. The predicted octanol–water partition coefficient (Wildman–Crippen LogP) is 3.23. The predicted molar refractivity (Wildman–Crippen MR) is 136 cm³/mol. The number of halogens is 1. The molecule has 1 saturated heterocycles. The van der Waals surface area contributed by atoms with Crippen molar-refractivity contribution in [2.75, 3.05) is 39.8 Å². The molecule has 0 radical (unpaired) electrons. The van der Waals surface area contributed by atoms with Gasteiger partial charge in [-0.1, -0.05) is 24.3 Å². The first-order valence-corrected chi connectivity index (χ1v) is 11.1. The number of ether oxygens (including phenoxy) is 1. The third kappa shape index (κ3) is 8.14. The van der Waals surface area contributed by atoms with Gasteiger partial charge in [-0.3, -0.25) is 9.89 Å². The fraction of sp³-hybridized carbons (Fsp3) is 0.652. The van der Waals surface area contributed by atoms with E-state index >= 15 is 0 Å². The van der Waals surface area contributed by atoms with Crippen molar-refractivity contribution in [3.63, 3.8) is 0 Å². The Morgan fingerprint density at radius 1 is 1.23 bits per heavy atom. The number of hydrogen-bond acceptors (Lipinski definition) is 4. The Bertz CT molecular complexity index is 750. The highest BCUT2D eigenvalue weighted by molar-refractivity contribution is 14.0. The van der Waals surface area contributed by atoms with E-state index in [1.807, 2.05) is 27.8 Å². The summed E-state index contributed by atoms with van der Waals surface area (Å²) in [6.45, 7) is 11.4. The number of carbonyl (C=O) groups is 1. The first-order chi connectivity index (χ1) is 14.3. The second kappa shape index (κ2) is 11.9. The maximum Gasteiger partial charge on any atom is 0.407 e. The lowest BCUT2D eigenvalue weighted by Gasteiger charge is -2.29. The van der Waals surface area contributed by atoms with Gasteiger partial charge in [-0.25, -0.2) is 4.79 Å². The molecule has 174 valence electrons. The summed E-state index contributed by atoms with van der Waals surface area (Å²) in [5, 5.41) is 6.46. The van der Waals surface area contributed by atoms with Crippen LogP contribution in [0.25, 0.3) is 0 Å². The third-order valence-electron chi connectivity index (χ3n) is 5.56. The minimum Gasteiger partial charge on any atom is -0.444 e. The molecule has 0 aromatic heterocycles. The number of benzene rings is 1. The highest BCUT2D eigenvalue weighted by atomic mass is 127. The van der Waals surface area contributed by atoms with Crippen LogP contribution in [-0.2, 0) is 17.7 Å². The number of rotatable bonds is 5. The van der Waals surface area contributed by atoms with Crippen LogP contribution in [0.2, 0.25) is 0 Å². The molecule has 0 aliphatic carbocycles. The molecule has 2 N–H and O–H groups in total. The van der Waals surface area contributed by atoms with Gasteiger partial charge in [-0.15, -0.1) is 24.0 Å². The van der Waals surface area contributed by atoms with E-state index < -0.39 is 5.60 Å². The second-order valence-corrected chi connectivity index (χ2v) is 9.20. The zero-order chi connectivity index (χ0) is 21.6. The van der Waals surface area contributed by atoms with Crippen molar-refractivity contribution < 1.29 is 9.53 Å². The van der Waals surface area contributed by atoms with Gasteiger partial charge in [-0.05, 0) is 51.2 Å². The maximum absolute atomic E-state index is 12.0. The maximum atomic E-state index is 12.0. The molecule has 2 aliphatic heterocycles. The van der Waals surface area contributed by atoms with Crippen molar-refractivity contribution in [1.29, 1.82) is 0 Å². The van der Waals surface area contributed by atoms with Crippen molar-refractivity contribution in [2.24, 2.45) is 4.99 Å². The lowest BCUT2D eigenvalue weighted by atomic mass is 10.00. The average Bonchev–Trinajstić information content (AvgIpc) is 3.14. The van der Waals surface area contributed by atoms with Crippen LogP contribution in [0.15, 0.2) is 29.3 Å². The zero-order valence-electron chi connectivity index (χ0n) is 19.3. The molecule has 0 spiro atoms. The molecule has 0 saturated carbocycles. The van der Waals surface area contributed by atoms with Crippen LogP contribution in [0.4, 0.5) is 4.79 Å². The fourth-order valence-electron chi connectivity index (χ4n) is 4.12. The number of aliphatic imine (C=N–C) groups is 1. The molecule has 31 heavy (non-hydrogen) atoms. The Kier molecular flexibility index (Phi) is 9.87. The van der Waals surface area contributed by atoms with E-state index in [-0.39, 0.29) is 36.1 Å². The van der Waals surface area contributed by atoms with Crippen molar-refractivity contribution >= 4 is 36.0 Å². The van der Waals surface area contributed by atoms with E-state index in [0.717, 1.165) is 64.5 Å². The number of amides is 1. The van der Waals surface area contributed by atoms with Crippen LogP contribution >= 0.6 is 24.0 Å². The number of guanidine groups is 1. The Morgan fingerprint density at radius 2 is 1.97 bits per heavy atom. The standard InChI is InChI=1S/C23H37N5O2.HI/c1-23(2,3)30-22(29)26-20-11-15-28(17-20)21(24-4)25-12-7-13-27-14-10-18-8-5-6-9-19(18)16-27;/h5-6,8-9,20H,7,10-17H2,1-4H3,(H,24,25)(H,26,29);1H. The molecule has 3 rings (SSSR count). The highest BCUT2D eigenvalue weighted by Gasteiger charge is 2.27. The monoisotopic (exact) mass is 543 g/mol. The van der Waals surface area contributed by atoms with Crippen LogP contribution in [0.3, 0.4) is 0 Å². The molecule has 2 aliphatic rings. The van der Waals surface area contributed by atoms with E-state index in [1.165, 1.54) is 11.1 Å². The zero-order valence-corrected chi connectivity index (χ0v) is 21.6. The Balaban J connectivity index is 0.00000341.